The first kappa shape index (κ1) is 24.9. The molecule has 7 nitrogen and oxygen atoms in total. The molecule has 1 fully saturated rings. The number of anilines is 1. The molecule has 3 rings (SSSR count). The zero-order chi connectivity index (χ0) is 24.4. The van der Waals surface area contributed by atoms with E-state index in [1.165, 1.54) is 17.0 Å². The molecule has 2 aromatic rings. The second kappa shape index (κ2) is 9.65. The third-order valence-corrected chi connectivity index (χ3v) is 8.04. The summed E-state index contributed by atoms with van der Waals surface area (Å²) >= 11 is 0. The first-order chi connectivity index (χ1) is 15.5. The monoisotopic (exact) mass is 471 g/mol. The van der Waals surface area contributed by atoms with Crippen molar-refractivity contribution >= 4 is 27.5 Å². The lowest BCUT2D eigenvalue weighted by molar-refractivity contribution is -0.132. The van der Waals surface area contributed by atoms with Gasteiger partial charge in [-0.3, -0.25) is 14.5 Å². The number of benzene rings is 2. The second-order valence-corrected chi connectivity index (χ2v) is 11.2. The van der Waals surface area contributed by atoms with Crippen LogP contribution in [0.1, 0.15) is 38.3 Å². The van der Waals surface area contributed by atoms with Gasteiger partial charge in [0.2, 0.25) is 21.8 Å². The van der Waals surface area contributed by atoms with E-state index in [0.29, 0.717) is 18.2 Å². The van der Waals surface area contributed by atoms with Gasteiger partial charge in [0.05, 0.1) is 11.4 Å². The summed E-state index contributed by atoms with van der Waals surface area (Å²) in [5.41, 5.74) is 1.08. The van der Waals surface area contributed by atoms with Crippen LogP contribution in [0.25, 0.3) is 0 Å². The van der Waals surface area contributed by atoms with Gasteiger partial charge >= 0.3 is 0 Å². The maximum Gasteiger partial charge on any atom is 0.247 e. The van der Waals surface area contributed by atoms with E-state index in [1.54, 1.807) is 31.2 Å². The minimum absolute atomic E-state index is 0.0977. The topological polar surface area (TPSA) is 86.8 Å². The van der Waals surface area contributed by atoms with Gasteiger partial charge in [0.15, 0.2) is 0 Å². The molecule has 2 amide bonds. The second-order valence-electron chi connectivity index (χ2n) is 9.25. The predicted octanol–water partition coefficient (Wildman–Crippen LogP) is 3.26. The molecule has 0 saturated carbocycles. The number of hydrogen-bond acceptors (Lipinski definition) is 4. The number of nitrogens with zero attached hydrogens (tertiary/aromatic N) is 2. The van der Waals surface area contributed by atoms with Crippen LogP contribution in [0.4, 0.5) is 5.69 Å². The number of rotatable bonds is 7. The van der Waals surface area contributed by atoms with Crippen LogP contribution in [0.5, 0.6) is 0 Å². The lowest BCUT2D eigenvalue weighted by Gasteiger charge is -2.47. The highest BCUT2D eigenvalue weighted by atomic mass is 32.2. The molecule has 1 heterocycles. The number of nitrogens with one attached hydrogen (secondary N) is 1. The lowest BCUT2D eigenvalue weighted by Crippen LogP contribution is -2.70. The zero-order valence-corrected chi connectivity index (χ0v) is 20.8. The molecule has 33 heavy (non-hydrogen) atoms. The van der Waals surface area contributed by atoms with Gasteiger partial charge in [-0.25, -0.2) is 8.42 Å². The minimum atomic E-state index is -3.95. The van der Waals surface area contributed by atoms with Crippen molar-refractivity contribution in [3.05, 3.63) is 59.7 Å². The lowest BCUT2D eigenvalue weighted by atomic mass is 9.92. The van der Waals surface area contributed by atoms with Gasteiger partial charge in [-0.15, -0.1) is 0 Å². The van der Waals surface area contributed by atoms with Crippen molar-refractivity contribution in [3.8, 4) is 0 Å². The van der Waals surface area contributed by atoms with Gasteiger partial charge in [-0.05, 0) is 62.4 Å². The van der Waals surface area contributed by atoms with Gasteiger partial charge in [0, 0.05) is 18.8 Å². The number of sulfonamides is 1. The van der Waals surface area contributed by atoms with Crippen molar-refractivity contribution in [2.45, 2.75) is 51.5 Å². The zero-order valence-electron chi connectivity index (χ0n) is 20.0. The molecule has 178 valence electrons. The quantitative estimate of drug-likeness (QED) is 0.672. The standard InChI is InChI=1S/C25H33N3O4S/c1-18(2)14-15-26-24(30)25(5)17-27(33(31,32)21-11-7-6-8-12-21)16-23(29)28(25)22-13-9-10-19(3)20(22)4/h6-13,18H,14-17H2,1-5H3,(H,26,30)/t25-/m1/s1. The Hall–Kier alpha value is -2.71. The van der Waals surface area contributed by atoms with E-state index in [2.05, 4.69) is 19.2 Å². The molecule has 1 N–H and O–H groups in total. The van der Waals surface area contributed by atoms with Crippen molar-refractivity contribution in [1.82, 2.24) is 9.62 Å². The van der Waals surface area contributed by atoms with E-state index in [9.17, 15) is 18.0 Å². The van der Waals surface area contributed by atoms with Crippen molar-refractivity contribution < 1.29 is 18.0 Å². The van der Waals surface area contributed by atoms with Crippen LogP contribution in [-0.4, -0.2) is 49.7 Å². The molecular formula is C25H33N3O4S. The summed E-state index contributed by atoms with van der Waals surface area (Å²) in [7, 11) is -3.95. The van der Waals surface area contributed by atoms with Crippen molar-refractivity contribution in [3.63, 3.8) is 0 Å². The maximum atomic E-state index is 13.5. The summed E-state index contributed by atoms with van der Waals surface area (Å²) in [4.78, 5) is 28.6. The van der Waals surface area contributed by atoms with E-state index < -0.39 is 21.5 Å². The normalized spacial score (nSPS) is 19.7. The SMILES string of the molecule is Cc1cccc(N2C(=O)CN(S(=O)(=O)c3ccccc3)C[C@]2(C)C(=O)NCCC(C)C)c1C. The predicted molar refractivity (Wildman–Crippen MR) is 129 cm³/mol. The van der Waals surface area contributed by atoms with Gasteiger partial charge in [-0.2, -0.15) is 4.31 Å². The molecule has 0 bridgehead atoms. The van der Waals surface area contributed by atoms with Crippen LogP contribution in [0.3, 0.4) is 0 Å². The highest BCUT2D eigenvalue weighted by Gasteiger charge is 2.51. The average molecular weight is 472 g/mol. The highest BCUT2D eigenvalue weighted by Crippen LogP contribution is 2.34. The third-order valence-electron chi connectivity index (χ3n) is 6.23. The third kappa shape index (κ3) is 4.96. The summed E-state index contributed by atoms with van der Waals surface area (Å²) in [5.74, 6) is -0.405. The van der Waals surface area contributed by atoms with Crippen molar-refractivity contribution in [2.75, 3.05) is 24.5 Å². The van der Waals surface area contributed by atoms with Crippen LogP contribution < -0.4 is 10.2 Å². The molecule has 0 unspecified atom stereocenters. The summed E-state index contributed by atoms with van der Waals surface area (Å²) in [5, 5.41) is 2.94. The molecule has 1 saturated heterocycles. The fraction of sp³-hybridized carbons (Fsp3) is 0.440. The summed E-state index contributed by atoms with van der Waals surface area (Å²) < 4.78 is 27.8. The molecule has 1 aliphatic heterocycles. The fourth-order valence-corrected chi connectivity index (χ4v) is 5.60. The Kier molecular flexibility index (Phi) is 7.29. The molecule has 0 aliphatic carbocycles. The van der Waals surface area contributed by atoms with Gasteiger partial charge in [0.1, 0.15) is 5.54 Å². The highest BCUT2D eigenvalue weighted by molar-refractivity contribution is 7.89. The van der Waals surface area contributed by atoms with Gasteiger partial charge in [-0.1, -0.05) is 44.2 Å². The van der Waals surface area contributed by atoms with Crippen LogP contribution in [0, 0.1) is 19.8 Å². The largest absolute Gasteiger partial charge is 0.354 e. The Morgan fingerprint density at radius 1 is 1.09 bits per heavy atom. The first-order valence-corrected chi connectivity index (χ1v) is 12.6. The number of carbonyl (C=O) groups is 2. The van der Waals surface area contributed by atoms with Crippen LogP contribution in [0.15, 0.2) is 53.4 Å². The average Bonchev–Trinajstić information content (AvgIpc) is 2.76. The summed E-state index contributed by atoms with van der Waals surface area (Å²) in [6, 6.07) is 13.6. The van der Waals surface area contributed by atoms with Crippen molar-refractivity contribution in [1.29, 1.82) is 0 Å². The molecule has 0 aromatic heterocycles. The Bertz CT molecular complexity index is 1130. The Morgan fingerprint density at radius 3 is 2.39 bits per heavy atom. The van der Waals surface area contributed by atoms with E-state index in [0.717, 1.165) is 21.9 Å². The number of aryl methyl sites for hydroxylation is 1. The van der Waals surface area contributed by atoms with Gasteiger partial charge < -0.3 is 5.32 Å². The molecule has 0 radical (unpaired) electrons. The first-order valence-electron chi connectivity index (χ1n) is 11.2. The van der Waals surface area contributed by atoms with E-state index in [-0.39, 0.29) is 23.9 Å². The van der Waals surface area contributed by atoms with Gasteiger partial charge in [0.25, 0.3) is 0 Å². The van der Waals surface area contributed by atoms with E-state index >= 15 is 0 Å². The molecular weight excluding hydrogens is 438 g/mol. The van der Waals surface area contributed by atoms with Crippen molar-refractivity contribution in [2.24, 2.45) is 5.92 Å². The number of piperazine rings is 1. The van der Waals surface area contributed by atoms with E-state index in [1.807, 2.05) is 26.0 Å². The Morgan fingerprint density at radius 2 is 1.76 bits per heavy atom. The number of carbonyl (C=O) groups excluding carboxylic acids is 2. The van der Waals surface area contributed by atoms with E-state index in [4.69, 9.17) is 0 Å². The molecule has 8 heteroatoms. The Balaban J connectivity index is 2.05. The number of amides is 2. The van der Waals surface area contributed by atoms with Crippen LogP contribution in [-0.2, 0) is 19.6 Å². The maximum absolute atomic E-state index is 13.5. The molecule has 1 atom stereocenters. The number of hydrogen-bond donors (Lipinski definition) is 1. The minimum Gasteiger partial charge on any atom is -0.354 e. The Labute approximate surface area is 196 Å². The summed E-state index contributed by atoms with van der Waals surface area (Å²) in [6.45, 7) is 9.59. The fourth-order valence-electron chi connectivity index (χ4n) is 4.09. The van der Waals surface area contributed by atoms with Crippen LogP contribution >= 0.6 is 0 Å². The molecule has 0 spiro atoms. The van der Waals surface area contributed by atoms with Crippen LogP contribution in [0.2, 0.25) is 0 Å². The molecule has 1 aliphatic rings. The molecule has 2 aromatic carbocycles. The smallest absolute Gasteiger partial charge is 0.247 e. The summed E-state index contributed by atoms with van der Waals surface area (Å²) in [6.07, 6.45) is 0.783.